The van der Waals surface area contributed by atoms with Crippen LogP contribution in [0.25, 0.3) is 0 Å². The number of benzene rings is 1. The summed E-state index contributed by atoms with van der Waals surface area (Å²) < 4.78 is 1.21. The van der Waals surface area contributed by atoms with E-state index in [1.54, 1.807) is 0 Å². The van der Waals surface area contributed by atoms with E-state index in [4.69, 9.17) is 0 Å². The second kappa shape index (κ2) is 7.58. The van der Waals surface area contributed by atoms with E-state index in [9.17, 15) is 0 Å². The summed E-state index contributed by atoms with van der Waals surface area (Å²) in [4.78, 5) is 2.60. The van der Waals surface area contributed by atoms with Gasteiger partial charge in [0, 0.05) is 23.1 Å². The summed E-state index contributed by atoms with van der Waals surface area (Å²) in [6.45, 7) is 10.6. The molecule has 2 nitrogen and oxygen atoms in total. The van der Waals surface area contributed by atoms with Crippen molar-refractivity contribution < 1.29 is 0 Å². The molecule has 0 spiro atoms. The fourth-order valence-corrected chi connectivity index (χ4v) is 3.70. The predicted octanol–water partition coefficient (Wildman–Crippen LogP) is 4.22. The third-order valence-electron chi connectivity index (χ3n) is 4.07. The summed E-state index contributed by atoms with van der Waals surface area (Å²) in [5.74, 6) is 0.777. The van der Waals surface area contributed by atoms with Gasteiger partial charge in [-0.05, 0) is 50.4 Å². The lowest BCUT2D eigenvalue weighted by molar-refractivity contribution is 0.175. The molecule has 1 aromatic carbocycles. The number of rotatable bonds is 5. The zero-order valence-corrected chi connectivity index (χ0v) is 14.5. The molecule has 3 heteroatoms. The third-order valence-corrected chi connectivity index (χ3v) is 4.79. The fourth-order valence-electron chi connectivity index (χ4n) is 3.07. The molecule has 1 aliphatic rings. The Morgan fingerprint density at radius 1 is 1.20 bits per heavy atom. The molecule has 0 amide bonds. The minimum atomic E-state index is 0.409. The van der Waals surface area contributed by atoms with Crippen molar-refractivity contribution in [2.45, 2.75) is 45.7 Å². The highest BCUT2D eigenvalue weighted by molar-refractivity contribution is 9.10. The first kappa shape index (κ1) is 16.0. The highest BCUT2D eigenvalue weighted by Crippen LogP contribution is 2.24. The Balaban J connectivity index is 1.82. The minimum Gasteiger partial charge on any atom is -0.307 e. The fraction of sp³-hybridized carbons (Fsp3) is 0.647. The lowest BCUT2D eigenvalue weighted by Gasteiger charge is -2.35. The minimum absolute atomic E-state index is 0.409. The predicted molar refractivity (Wildman–Crippen MR) is 90.0 cm³/mol. The van der Waals surface area contributed by atoms with Gasteiger partial charge in [0.25, 0.3) is 0 Å². The van der Waals surface area contributed by atoms with Crippen molar-refractivity contribution in [3.8, 4) is 0 Å². The molecule has 0 saturated carbocycles. The average Bonchev–Trinajstić information content (AvgIpc) is 2.41. The van der Waals surface area contributed by atoms with Crippen molar-refractivity contribution in [2.24, 2.45) is 5.92 Å². The van der Waals surface area contributed by atoms with Gasteiger partial charge in [-0.3, -0.25) is 0 Å². The van der Waals surface area contributed by atoms with Crippen LogP contribution in [0.3, 0.4) is 0 Å². The first-order valence-electron chi connectivity index (χ1n) is 7.79. The Morgan fingerprint density at radius 2 is 1.85 bits per heavy atom. The normalized spacial score (nSPS) is 19.4. The van der Waals surface area contributed by atoms with Crippen molar-refractivity contribution in [2.75, 3.05) is 19.6 Å². The van der Waals surface area contributed by atoms with Crippen LogP contribution in [-0.2, 0) is 0 Å². The highest BCUT2D eigenvalue weighted by Gasteiger charge is 2.21. The van der Waals surface area contributed by atoms with Crippen LogP contribution in [0.1, 0.15) is 45.2 Å². The van der Waals surface area contributed by atoms with E-state index in [1.165, 1.54) is 42.5 Å². The van der Waals surface area contributed by atoms with E-state index in [0.717, 1.165) is 5.92 Å². The van der Waals surface area contributed by atoms with Crippen LogP contribution in [0, 0.1) is 5.92 Å². The first-order valence-corrected chi connectivity index (χ1v) is 8.58. The molecule has 20 heavy (non-hydrogen) atoms. The molecule has 0 aliphatic carbocycles. The van der Waals surface area contributed by atoms with Gasteiger partial charge >= 0.3 is 0 Å². The summed E-state index contributed by atoms with van der Waals surface area (Å²) in [6, 6.07) is 9.58. The van der Waals surface area contributed by atoms with Crippen LogP contribution in [0.15, 0.2) is 28.7 Å². The number of hydrogen-bond acceptors (Lipinski definition) is 2. The molecule has 0 radical (unpaired) electrons. The molecule has 1 fully saturated rings. The van der Waals surface area contributed by atoms with Crippen LogP contribution in [0.4, 0.5) is 0 Å². The molecular weight excluding hydrogens is 312 g/mol. The average molecular weight is 339 g/mol. The second-order valence-corrected chi connectivity index (χ2v) is 7.23. The molecular formula is C17H27BrN2. The number of likely N-dealkylation sites (tertiary alicyclic amines) is 1. The topological polar surface area (TPSA) is 15.3 Å². The molecule has 1 heterocycles. The molecule has 0 unspecified atom stereocenters. The SMILES string of the molecule is CC(C)CN1CCC(N[C@@H](C)c2ccccc2Br)CC1. The molecule has 1 saturated heterocycles. The summed E-state index contributed by atoms with van der Waals surface area (Å²) in [7, 11) is 0. The third kappa shape index (κ3) is 4.57. The monoisotopic (exact) mass is 338 g/mol. The van der Waals surface area contributed by atoms with E-state index >= 15 is 0 Å². The quantitative estimate of drug-likeness (QED) is 0.864. The molecule has 1 N–H and O–H groups in total. The lowest BCUT2D eigenvalue weighted by Crippen LogP contribution is -2.44. The number of nitrogens with zero attached hydrogens (tertiary/aromatic N) is 1. The molecule has 1 aliphatic heterocycles. The van der Waals surface area contributed by atoms with E-state index in [2.05, 4.69) is 71.2 Å². The maximum absolute atomic E-state index is 3.79. The lowest BCUT2D eigenvalue weighted by atomic mass is 10.0. The van der Waals surface area contributed by atoms with Gasteiger partial charge in [-0.1, -0.05) is 48.0 Å². The maximum atomic E-state index is 3.79. The van der Waals surface area contributed by atoms with Gasteiger partial charge in [0.05, 0.1) is 0 Å². The maximum Gasteiger partial charge on any atom is 0.0305 e. The van der Waals surface area contributed by atoms with E-state index < -0.39 is 0 Å². The van der Waals surface area contributed by atoms with Gasteiger partial charge in [-0.15, -0.1) is 0 Å². The number of nitrogens with one attached hydrogen (secondary N) is 1. The smallest absolute Gasteiger partial charge is 0.0305 e. The zero-order valence-electron chi connectivity index (χ0n) is 12.9. The standard InChI is InChI=1S/C17H27BrN2/c1-13(2)12-20-10-8-15(9-11-20)19-14(3)16-6-4-5-7-17(16)18/h4-7,13-15,19H,8-12H2,1-3H3/t14-/m0/s1. The van der Waals surface area contributed by atoms with Gasteiger partial charge in [-0.2, -0.15) is 0 Å². The van der Waals surface area contributed by atoms with E-state index in [1.807, 2.05) is 0 Å². The number of hydrogen-bond donors (Lipinski definition) is 1. The van der Waals surface area contributed by atoms with Crippen molar-refractivity contribution in [3.63, 3.8) is 0 Å². The Morgan fingerprint density at radius 3 is 2.45 bits per heavy atom. The zero-order chi connectivity index (χ0) is 14.5. The van der Waals surface area contributed by atoms with Crippen molar-refractivity contribution in [3.05, 3.63) is 34.3 Å². The molecule has 1 atom stereocenters. The Bertz CT molecular complexity index is 411. The van der Waals surface area contributed by atoms with Gasteiger partial charge in [0.15, 0.2) is 0 Å². The van der Waals surface area contributed by atoms with Crippen LogP contribution in [0.2, 0.25) is 0 Å². The Kier molecular flexibility index (Phi) is 6.06. The van der Waals surface area contributed by atoms with E-state index in [0.29, 0.717) is 12.1 Å². The van der Waals surface area contributed by atoms with Gasteiger partial charge in [-0.25, -0.2) is 0 Å². The van der Waals surface area contributed by atoms with Crippen molar-refractivity contribution in [1.29, 1.82) is 0 Å². The highest BCUT2D eigenvalue weighted by atomic mass is 79.9. The number of halogens is 1. The largest absolute Gasteiger partial charge is 0.307 e. The van der Waals surface area contributed by atoms with Gasteiger partial charge in [0.1, 0.15) is 0 Å². The van der Waals surface area contributed by atoms with E-state index in [-0.39, 0.29) is 0 Å². The van der Waals surface area contributed by atoms with Crippen LogP contribution in [-0.4, -0.2) is 30.6 Å². The van der Waals surface area contributed by atoms with Crippen molar-refractivity contribution >= 4 is 15.9 Å². The Hall–Kier alpha value is -0.380. The van der Waals surface area contributed by atoms with Gasteiger partial charge < -0.3 is 10.2 Å². The second-order valence-electron chi connectivity index (χ2n) is 6.38. The molecule has 112 valence electrons. The molecule has 2 rings (SSSR count). The summed E-state index contributed by atoms with van der Waals surface area (Å²) in [5.41, 5.74) is 1.36. The van der Waals surface area contributed by atoms with Crippen LogP contribution >= 0.6 is 15.9 Å². The van der Waals surface area contributed by atoms with Crippen LogP contribution < -0.4 is 5.32 Å². The Labute approximate surface area is 132 Å². The summed E-state index contributed by atoms with van der Waals surface area (Å²) in [6.07, 6.45) is 2.53. The first-order chi connectivity index (χ1) is 9.56. The van der Waals surface area contributed by atoms with Crippen molar-refractivity contribution in [1.82, 2.24) is 10.2 Å². The van der Waals surface area contributed by atoms with Gasteiger partial charge in [0.2, 0.25) is 0 Å². The molecule has 1 aromatic rings. The number of piperidine rings is 1. The molecule has 0 bridgehead atoms. The molecule has 0 aromatic heterocycles. The summed E-state index contributed by atoms with van der Waals surface area (Å²) in [5, 5.41) is 3.79. The van der Waals surface area contributed by atoms with Crippen LogP contribution in [0.5, 0.6) is 0 Å². The summed E-state index contributed by atoms with van der Waals surface area (Å²) >= 11 is 3.65.